The van der Waals surface area contributed by atoms with Crippen molar-refractivity contribution in [2.24, 2.45) is 5.41 Å². The summed E-state index contributed by atoms with van der Waals surface area (Å²) >= 11 is 0. The third kappa shape index (κ3) is 8.59. The number of hydrogen-bond donors (Lipinski definition) is 2. The number of alkyl carbamates (subject to hydrolysis) is 1. The van der Waals surface area contributed by atoms with Crippen LogP contribution in [0.25, 0.3) is 0 Å². The van der Waals surface area contributed by atoms with E-state index in [0.717, 1.165) is 22.9 Å². The van der Waals surface area contributed by atoms with Gasteiger partial charge >= 0.3 is 12.3 Å². The number of ether oxygens (including phenoxy) is 1. The molecule has 2 aromatic rings. The number of halogens is 3. The monoisotopic (exact) mass is 563 g/mol. The lowest BCUT2D eigenvalue weighted by Crippen LogP contribution is -2.39. The summed E-state index contributed by atoms with van der Waals surface area (Å²) in [4.78, 5) is 44.3. The Morgan fingerprint density at radius 3 is 2.55 bits per heavy atom. The fourth-order valence-electron chi connectivity index (χ4n) is 4.45. The first-order valence-electron chi connectivity index (χ1n) is 13.0. The summed E-state index contributed by atoms with van der Waals surface area (Å²) in [6.45, 7) is 6.14. The van der Waals surface area contributed by atoms with Crippen molar-refractivity contribution in [3.63, 3.8) is 0 Å². The van der Waals surface area contributed by atoms with E-state index in [2.05, 4.69) is 15.6 Å². The summed E-state index contributed by atoms with van der Waals surface area (Å²) in [7, 11) is 1.37. The van der Waals surface area contributed by atoms with Crippen molar-refractivity contribution in [3.8, 4) is 0 Å². The molecule has 1 aliphatic heterocycles. The molecule has 9 nitrogen and oxygen atoms in total. The number of anilines is 1. The van der Waals surface area contributed by atoms with Crippen molar-refractivity contribution in [1.29, 1.82) is 0 Å². The molecule has 0 aliphatic carbocycles. The molecule has 0 fully saturated rings. The molecule has 0 saturated carbocycles. The maximum atomic E-state index is 13.5. The molecule has 2 heterocycles. The second-order valence-corrected chi connectivity index (χ2v) is 10.8. The summed E-state index contributed by atoms with van der Waals surface area (Å²) in [6, 6.07) is 7.71. The normalized spacial score (nSPS) is 13.3. The largest absolute Gasteiger partial charge is 0.448 e. The molecular formula is C28H36F3N5O4. The highest BCUT2D eigenvalue weighted by atomic mass is 19.4. The summed E-state index contributed by atoms with van der Waals surface area (Å²) < 4.78 is 45.6. The first kappa shape index (κ1) is 30.7. The zero-order chi connectivity index (χ0) is 29.5. The quantitative estimate of drug-likeness (QED) is 0.474. The number of fused-ring (bicyclic) bond motifs is 1. The number of carbonyl (C=O) groups excluding carboxylic acids is 3. The van der Waals surface area contributed by atoms with Crippen LogP contribution >= 0.6 is 0 Å². The van der Waals surface area contributed by atoms with E-state index >= 15 is 0 Å². The van der Waals surface area contributed by atoms with E-state index in [-0.39, 0.29) is 36.7 Å². The van der Waals surface area contributed by atoms with Crippen molar-refractivity contribution in [2.45, 2.75) is 52.9 Å². The van der Waals surface area contributed by atoms with Gasteiger partial charge in [0.25, 0.3) is 0 Å². The molecule has 1 aromatic carbocycles. The van der Waals surface area contributed by atoms with Crippen molar-refractivity contribution in [3.05, 3.63) is 58.9 Å². The van der Waals surface area contributed by atoms with Crippen LogP contribution in [-0.4, -0.2) is 66.0 Å². The maximum Gasteiger partial charge on any atom is 0.418 e. The average molecular weight is 564 g/mol. The molecule has 1 aromatic heterocycles. The third-order valence-corrected chi connectivity index (χ3v) is 6.42. The van der Waals surface area contributed by atoms with Gasteiger partial charge in [-0.3, -0.25) is 14.6 Å². The van der Waals surface area contributed by atoms with Crippen LogP contribution in [0.3, 0.4) is 0 Å². The number of hydrogen-bond acceptors (Lipinski definition) is 6. The fraction of sp³-hybridized carbons (Fsp3) is 0.500. The minimum Gasteiger partial charge on any atom is -0.448 e. The Labute approximate surface area is 232 Å². The third-order valence-electron chi connectivity index (χ3n) is 6.42. The van der Waals surface area contributed by atoms with Gasteiger partial charge in [-0.05, 0) is 41.2 Å². The van der Waals surface area contributed by atoms with Gasteiger partial charge in [0.2, 0.25) is 11.8 Å². The van der Waals surface area contributed by atoms with Gasteiger partial charge in [-0.15, -0.1) is 0 Å². The Kier molecular flexibility index (Phi) is 9.99. The Morgan fingerprint density at radius 1 is 1.12 bits per heavy atom. The van der Waals surface area contributed by atoms with Crippen molar-refractivity contribution in [2.75, 3.05) is 38.6 Å². The van der Waals surface area contributed by atoms with Crippen LogP contribution < -0.4 is 10.6 Å². The molecule has 12 heteroatoms. The van der Waals surface area contributed by atoms with Crippen molar-refractivity contribution >= 4 is 23.6 Å². The number of nitrogens with one attached hydrogen (secondary N) is 2. The van der Waals surface area contributed by atoms with E-state index in [0.29, 0.717) is 25.9 Å². The van der Waals surface area contributed by atoms with Crippen molar-refractivity contribution in [1.82, 2.24) is 20.1 Å². The molecule has 218 valence electrons. The number of nitrogens with zero attached hydrogens (tertiary/aromatic N) is 3. The lowest BCUT2D eigenvalue weighted by Gasteiger charge is -2.32. The maximum absolute atomic E-state index is 13.5. The van der Waals surface area contributed by atoms with Crippen LogP contribution in [0.5, 0.6) is 0 Å². The molecule has 0 spiro atoms. The van der Waals surface area contributed by atoms with Crippen LogP contribution in [-0.2, 0) is 40.0 Å². The molecule has 0 bridgehead atoms. The SMILES string of the molecule is CNC(=O)OCCN(Cc1ncccc1C(F)(F)F)C(=O)CNc1cccc2c1CCN(C(=O)CC(C)(C)C)C2. The zero-order valence-electron chi connectivity index (χ0n) is 23.2. The standard InChI is InChI=1S/C28H36F3N5O4/c1-27(2,3)15-24(37)35-12-10-20-19(17-35)7-5-9-22(20)34-16-25(38)36(13-14-40-26(39)32-4)18-23-21(28(29,30)31)8-6-11-33-23/h5-9,11,34H,10,12-18H2,1-4H3,(H,32,39). The van der Waals surface area contributed by atoms with Gasteiger partial charge < -0.3 is 25.2 Å². The van der Waals surface area contributed by atoms with Gasteiger partial charge in [0, 0.05) is 38.4 Å². The smallest absolute Gasteiger partial charge is 0.418 e. The number of alkyl halides is 3. The molecule has 0 saturated heterocycles. The van der Waals surface area contributed by atoms with Crippen LogP contribution in [0.4, 0.5) is 23.7 Å². The van der Waals surface area contributed by atoms with E-state index in [9.17, 15) is 27.6 Å². The highest BCUT2D eigenvalue weighted by molar-refractivity contribution is 5.81. The number of rotatable bonds is 9. The number of benzene rings is 1. The van der Waals surface area contributed by atoms with Gasteiger partial charge in [-0.25, -0.2) is 4.79 Å². The molecule has 3 rings (SSSR count). The number of amides is 3. The van der Waals surface area contributed by atoms with Gasteiger partial charge in [0.1, 0.15) is 6.61 Å². The highest BCUT2D eigenvalue weighted by Crippen LogP contribution is 2.32. The predicted molar refractivity (Wildman–Crippen MR) is 143 cm³/mol. The Morgan fingerprint density at radius 2 is 1.88 bits per heavy atom. The molecule has 0 radical (unpaired) electrons. The molecular weight excluding hydrogens is 527 g/mol. The van der Waals surface area contributed by atoms with E-state index in [1.165, 1.54) is 24.2 Å². The number of aromatic nitrogens is 1. The topological polar surface area (TPSA) is 104 Å². The average Bonchev–Trinajstić information content (AvgIpc) is 2.89. The Bertz CT molecular complexity index is 1210. The van der Waals surface area contributed by atoms with Crippen molar-refractivity contribution < 1.29 is 32.3 Å². The Balaban J connectivity index is 1.72. The Hall–Kier alpha value is -3.83. The zero-order valence-corrected chi connectivity index (χ0v) is 23.2. The first-order valence-corrected chi connectivity index (χ1v) is 13.0. The van der Waals surface area contributed by atoms with Gasteiger partial charge in [0.05, 0.1) is 30.9 Å². The minimum atomic E-state index is -4.64. The highest BCUT2D eigenvalue weighted by Gasteiger charge is 2.34. The molecule has 0 unspecified atom stereocenters. The lowest BCUT2D eigenvalue weighted by atomic mass is 9.90. The summed E-state index contributed by atoms with van der Waals surface area (Å²) in [5.41, 5.74) is 1.34. The number of carbonyl (C=O) groups is 3. The summed E-state index contributed by atoms with van der Waals surface area (Å²) in [5.74, 6) is -0.399. The molecule has 0 atom stereocenters. The van der Waals surface area contributed by atoms with Gasteiger partial charge in [0.15, 0.2) is 0 Å². The summed E-state index contributed by atoms with van der Waals surface area (Å²) in [5, 5.41) is 5.40. The number of pyridine rings is 1. The molecule has 40 heavy (non-hydrogen) atoms. The summed E-state index contributed by atoms with van der Waals surface area (Å²) in [6.07, 6.45) is -3.07. The van der Waals surface area contributed by atoms with Crippen LogP contribution in [0.15, 0.2) is 36.5 Å². The molecule has 1 aliphatic rings. The van der Waals surface area contributed by atoms with Crippen LogP contribution in [0, 0.1) is 5.41 Å². The van der Waals surface area contributed by atoms with E-state index in [1.54, 1.807) is 0 Å². The molecule has 2 N–H and O–H groups in total. The minimum absolute atomic E-state index is 0.0917. The first-order chi connectivity index (χ1) is 18.8. The predicted octanol–water partition coefficient (Wildman–Crippen LogP) is 4.22. The fourth-order valence-corrected chi connectivity index (χ4v) is 4.45. The molecule has 3 amide bonds. The van der Waals surface area contributed by atoms with Gasteiger partial charge in [-0.1, -0.05) is 32.9 Å². The van der Waals surface area contributed by atoms with Crippen LogP contribution in [0.1, 0.15) is 49.6 Å². The van der Waals surface area contributed by atoms with E-state index in [1.807, 2.05) is 43.9 Å². The second-order valence-electron chi connectivity index (χ2n) is 10.8. The second kappa shape index (κ2) is 13.0. The van der Waals surface area contributed by atoms with Gasteiger partial charge in [-0.2, -0.15) is 13.2 Å². The van der Waals surface area contributed by atoms with E-state index < -0.39 is 30.3 Å². The lowest BCUT2D eigenvalue weighted by molar-refractivity contribution is -0.140. The van der Waals surface area contributed by atoms with Crippen LogP contribution in [0.2, 0.25) is 0 Å². The van der Waals surface area contributed by atoms with E-state index in [4.69, 9.17) is 4.74 Å².